The maximum atomic E-state index is 13.9. The number of halogens is 2. The summed E-state index contributed by atoms with van der Waals surface area (Å²) in [7, 11) is -4.12. The molecular weight excluding hydrogens is 366 g/mol. The van der Waals surface area contributed by atoms with Crippen LogP contribution in [-0.4, -0.2) is 30.4 Å². The van der Waals surface area contributed by atoms with E-state index in [9.17, 15) is 22.0 Å². The molecule has 0 unspecified atom stereocenters. The van der Waals surface area contributed by atoms with E-state index in [0.717, 1.165) is 16.4 Å². The molecule has 0 saturated carbocycles. The lowest BCUT2D eigenvalue weighted by molar-refractivity contribution is -0.129. The minimum absolute atomic E-state index is 0.124. The Morgan fingerprint density at radius 2 is 1.85 bits per heavy atom. The largest absolute Gasteiger partial charge is 0.289 e. The first-order valence-corrected chi connectivity index (χ1v) is 9.12. The molecule has 0 spiro atoms. The quantitative estimate of drug-likeness (QED) is 0.567. The van der Waals surface area contributed by atoms with Crippen molar-refractivity contribution in [2.45, 2.75) is 24.8 Å². The van der Waals surface area contributed by atoms with Crippen LogP contribution in [0.25, 0.3) is 0 Å². The summed E-state index contributed by atoms with van der Waals surface area (Å²) in [6.07, 6.45) is -0.329. The Balaban J connectivity index is 2.39. The van der Waals surface area contributed by atoms with Crippen molar-refractivity contribution in [3.8, 4) is 0 Å². The van der Waals surface area contributed by atoms with Crippen LogP contribution in [0.2, 0.25) is 0 Å². The summed E-state index contributed by atoms with van der Waals surface area (Å²) in [6, 6.07) is 8.97. The molecule has 2 aromatic rings. The minimum Gasteiger partial charge on any atom is -0.289 e. The summed E-state index contributed by atoms with van der Waals surface area (Å²) in [5, 5.41) is 8.60. The second-order valence-corrected chi connectivity index (χ2v) is 7.56. The molecule has 0 fully saturated rings. The predicted octanol–water partition coefficient (Wildman–Crippen LogP) is 2.36. The lowest BCUT2D eigenvalue weighted by Gasteiger charge is -2.22. The summed E-state index contributed by atoms with van der Waals surface area (Å²) >= 11 is 0. The molecule has 0 saturated heterocycles. The van der Waals surface area contributed by atoms with Gasteiger partial charge in [-0.3, -0.25) is 10.0 Å². The van der Waals surface area contributed by atoms with Crippen molar-refractivity contribution >= 4 is 15.9 Å². The Morgan fingerprint density at radius 3 is 2.46 bits per heavy atom. The van der Waals surface area contributed by atoms with E-state index >= 15 is 0 Å². The van der Waals surface area contributed by atoms with Gasteiger partial charge < -0.3 is 0 Å². The van der Waals surface area contributed by atoms with E-state index in [4.69, 9.17) is 5.21 Å². The molecule has 1 amide bonds. The number of hydroxylamine groups is 1. The molecule has 0 heterocycles. The molecule has 0 bridgehead atoms. The molecule has 0 aliphatic rings. The Labute approximate surface area is 150 Å². The van der Waals surface area contributed by atoms with Crippen LogP contribution in [0.5, 0.6) is 0 Å². The predicted molar refractivity (Wildman–Crippen MR) is 89.7 cm³/mol. The molecule has 2 rings (SSSR count). The molecule has 2 aromatic carbocycles. The molecule has 26 heavy (non-hydrogen) atoms. The number of sulfonamides is 1. The van der Waals surface area contributed by atoms with Gasteiger partial charge in [-0.05, 0) is 36.8 Å². The summed E-state index contributed by atoms with van der Waals surface area (Å²) < 4.78 is 54.1. The minimum atomic E-state index is -4.12. The van der Waals surface area contributed by atoms with Crippen LogP contribution in [0, 0.1) is 18.6 Å². The zero-order valence-electron chi connectivity index (χ0n) is 13.9. The van der Waals surface area contributed by atoms with Crippen LogP contribution in [-0.2, 0) is 21.4 Å². The molecule has 0 radical (unpaired) electrons. The first kappa shape index (κ1) is 20.0. The van der Waals surface area contributed by atoms with Gasteiger partial charge in [-0.1, -0.05) is 18.2 Å². The molecule has 0 aliphatic carbocycles. The number of carbonyl (C=O) groups is 1. The number of aryl methyl sites for hydroxylation is 1. The zero-order valence-corrected chi connectivity index (χ0v) is 14.8. The Bertz CT molecular complexity index is 903. The standard InChI is InChI=1S/C17H18F2N2O4S/c1-12-10-14(6-7-15(12)18)26(24,25)21(9-8-17(22)20-23)11-13-4-2-3-5-16(13)19/h2-7,10,23H,8-9,11H2,1H3,(H,20,22). The maximum absolute atomic E-state index is 13.9. The van der Waals surface area contributed by atoms with E-state index in [-0.39, 0.29) is 35.5 Å². The second kappa shape index (κ2) is 8.35. The van der Waals surface area contributed by atoms with Crippen LogP contribution < -0.4 is 5.48 Å². The SMILES string of the molecule is Cc1cc(S(=O)(=O)N(CCC(=O)NO)Cc2ccccc2F)ccc1F. The van der Waals surface area contributed by atoms with Crippen LogP contribution in [0.4, 0.5) is 8.78 Å². The van der Waals surface area contributed by atoms with Crippen molar-refractivity contribution in [1.82, 2.24) is 9.79 Å². The van der Waals surface area contributed by atoms with E-state index in [1.54, 1.807) is 6.07 Å². The molecule has 6 nitrogen and oxygen atoms in total. The Hall–Kier alpha value is -2.36. The molecular formula is C17H18F2N2O4S. The van der Waals surface area contributed by atoms with E-state index in [0.29, 0.717) is 0 Å². The van der Waals surface area contributed by atoms with E-state index in [1.807, 2.05) is 0 Å². The van der Waals surface area contributed by atoms with Gasteiger partial charge in [0.1, 0.15) is 11.6 Å². The summed E-state index contributed by atoms with van der Waals surface area (Å²) in [6.45, 7) is 0.818. The van der Waals surface area contributed by atoms with Gasteiger partial charge in [-0.25, -0.2) is 22.7 Å². The van der Waals surface area contributed by atoms with Gasteiger partial charge in [-0.2, -0.15) is 4.31 Å². The summed E-state index contributed by atoms with van der Waals surface area (Å²) in [5.41, 5.74) is 1.69. The Kier molecular flexibility index (Phi) is 6.41. The molecule has 0 atom stereocenters. The summed E-state index contributed by atoms with van der Waals surface area (Å²) in [5.74, 6) is -1.92. The number of benzene rings is 2. The van der Waals surface area contributed by atoms with Crippen LogP contribution in [0.15, 0.2) is 47.4 Å². The van der Waals surface area contributed by atoms with Crippen molar-refractivity contribution in [2.75, 3.05) is 6.54 Å². The summed E-state index contributed by atoms with van der Waals surface area (Å²) in [4.78, 5) is 11.1. The zero-order chi connectivity index (χ0) is 19.3. The lowest BCUT2D eigenvalue weighted by Crippen LogP contribution is -2.34. The van der Waals surface area contributed by atoms with Crippen molar-refractivity contribution in [3.05, 3.63) is 65.2 Å². The highest BCUT2D eigenvalue weighted by Gasteiger charge is 2.26. The van der Waals surface area contributed by atoms with Crippen LogP contribution >= 0.6 is 0 Å². The van der Waals surface area contributed by atoms with Gasteiger partial charge in [-0.15, -0.1) is 0 Å². The van der Waals surface area contributed by atoms with E-state index in [1.165, 1.54) is 36.7 Å². The normalized spacial score (nSPS) is 11.6. The molecule has 0 aliphatic heterocycles. The third-order valence-electron chi connectivity index (χ3n) is 3.78. The number of nitrogens with one attached hydrogen (secondary N) is 1. The fourth-order valence-electron chi connectivity index (χ4n) is 2.31. The first-order chi connectivity index (χ1) is 12.3. The number of nitrogens with zero attached hydrogens (tertiary/aromatic N) is 1. The van der Waals surface area contributed by atoms with Crippen molar-refractivity contribution < 1.29 is 27.2 Å². The highest BCUT2D eigenvalue weighted by Crippen LogP contribution is 2.22. The van der Waals surface area contributed by atoms with Crippen molar-refractivity contribution in [3.63, 3.8) is 0 Å². The molecule has 140 valence electrons. The third-order valence-corrected chi connectivity index (χ3v) is 5.63. The van der Waals surface area contributed by atoms with Gasteiger partial charge >= 0.3 is 0 Å². The lowest BCUT2D eigenvalue weighted by atomic mass is 10.2. The van der Waals surface area contributed by atoms with Gasteiger partial charge in [0.05, 0.1) is 4.90 Å². The van der Waals surface area contributed by atoms with Gasteiger partial charge in [0.15, 0.2) is 0 Å². The molecule has 9 heteroatoms. The maximum Gasteiger partial charge on any atom is 0.244 e. The highest BCUT2D eigenvalue weighted by atomic mass is 32.2. The van der Waals surface area contributed by atoms with Gasteiger partial charge in [0.2, 0.25) is 15.9 Å². The molecule has 0 aromatic heterocycles. The average molecular weight is 384 g/mol. The smallest absolute Gasteiger partial charge is 0.244 e. The topological polar surface area (TPSA) is 86.7 Å². The highest BCUT2D eigenvalue weighted by molar-refractivity contribution is 7.89. The second-order valence-electron chi connectivity index (χ2n) is 5.63. The van der Waals surface area contributed by atoms with E-state index in [2.05, 4.69) is 0 Å². The van der Waals surface area contributed by atoms with Crippen LogP contribution in [0.1, 0.15) is 17.5 Å². The fourth-order valence-corrected chi connectivity index (χ4v) is 3.81. The Morgan fingerprint density at radius 1 is 1.15 bits per heavy atom. The van der Waals surface area contributed by atoms with Gasteiger partial charge in [0, 0.05) is 25.1 Å². The number of hydrogen-bond acceptors (Lipinski definition) is 4. The number of carbonyl (C=O) groups excluding carboxylic acids is 1. The fraction of sp³-hybridized carbons (Fsp3) is 0.235. The average Bonchev–Trinajstić information content (AvgIpc) is 2.61. The van der Waals surface area contributed by atoms with Crippen molar-refractivity contribution in [1.29, 1.82) is 0 Å². The van der Waals surface area contributed by atoms with Crippen molar-refractivity contribution in [2.24, 2.45) is 0 Å². The van der Waals surface area contributed by atoms with E-state index < -0.39 is 27.6 Å². The van der Waals surface area contributed by atoms with Crippen LogP contribution in [0.3, 0.4) is 0 Å². The monoisotopic (exact) mass is 384 g/mol. The first-order valence-electron chi connectivity index (χ1n) is 7.68. The van der Waals surface area contributed by atoms with Gasteiger partial charge in [0.25, 0.3) is 0 Å². The molecule has 2 N–H and O–H groups in total. The number of amides is 1. The third kappa shape index (κ3) is 4.63. The number of hydrogen-bond donors (Lipinski definition) is 2. The number of rotatable bonds is 7.